The molecule has 2 aliphatic rings. The number of benzene rings is 1. The topological polar surface area (TPSA) is 55.6 Å². The second kappa shape index (κ2) is 7.45. The van der Waals surface area contributed by atoms with Crippen molar-refractivity contribution in [1.29, 1.82) is 0 Å². The minimum atomic E-state index is -0.382. The number of carbonyl (C=O) groups is 1. The van der Waals surface area contributed by atoms with Gasteiger partial charge in [-0.2, -0.15) is 0 Å². The Morgan fingerprint density at radius 2 is 2.00 bits per heavy atom. The molecular weight excluding hydrogens is 288 g/mol. The van der Waals surface area contributed by atoms with E-state index < -0.39 is 0 Å². The van der Waals surface area contributed by atoms with Crippen LogP contribution in [0.4, 0.5) is 0 Å². The summed E-state index contributed by atoms with van der Waals surface area (Å²) < 4.78 is 5.44. The van der Waals surface area contributed by atoms with Gasteiger partial charge in [0.1, 0.15) is 0 Å². The summed E-state index contributed by atoms with van der Waals surface area (Å²) in [7, 11) is 0. The average Bonchev–Trinajstić information content (AvgIpc) is 2.63. The second-order valence-electron chi connectivity index (χ2n) is 7.05. The minimum Gasteiger partial charge on any atom is -0.381 e. The number of rotatable bonds is 4. The van der Waals surface area contributed by atoms with Crippen LogP contribution in [0.25, 0.3) is 0 Å². The summed E-state index contributed by atoms with van der Waals surface area (Å²) in [5, 5.41) is 0. The van der Waals surface area contributed by atoms with Crippen molar-refractivity contribution >= 4 is 5.91 Å². The molecule has 1 aromatic carbocycles. The number of hydrogen-bond acceptors (Lipinski definition) is 3. The van der Waals surface area contributed by atoms with E-state index in [4.69, 9.17) is 10.5 Å². The summed E-state index contributed by atoms with van der Waals surface area (Å²) in [5.74, 6) is 0.825. The molecule has 0 radical (unpaired) electrons. The third-order valence-electron chi connectivity index (χ3n) is 5.47. The van der Waals surface area contributed by atoms with Gasteiger partial charge in [-0.15, -0.1) is 0 Å². The lowest BCUT2D eigenvalue weighted by atomic mass is 9.78. The first-order chi connectivity index (χ1) is 11.2. The van der Waals surface area contributed by atoms with Crippen LogP contribution in [0.1, 0.15) is 31.2 Å². The molecule has 2 fully saturated rings. The van der Waals surface area contributed by atoms with Gasteiger partial charge in [0, 0.05) is 32.8 Å². The summed E-state index contributed by atoms with van der Waals surface area (Å²) in [4.78, 5) is 15.2. The van der Waals surface area contributed by atoms with E-state index in [0.717, 1.165) is 38.8 Å². The Bertz CT molecular complexity index is 511. The molecule has 126 valence electrons. The van der Waals surface area contributed by atoms with Crippen LogP contribution >= 0.6 is 0 Å². The van der Waals surface area contributed by atoms with Crippen LogP contribution in [0.5, 0.6) is 0 Å². The number of nitrogens with zero attached hydrogens (tertiary/aromatic N) is 1. The van der Waals surface area contributed by atoms with Crippen molar-refractivity contribution in [1.82, 2.24) is 4.90 Å². The zero-order valence-electron chi connectivity index (χ0n) is 13.9. The van der Waals surface area contributed by atoms with Crippen LogP contribution in [0, 0.1) is 11.3 Å². The molecule has 23 heavy (non-hydrogen) atoms. The first kappa shape index (κ1) is 16.5. The second-order valence-corrected chi connectivity index (χ2v) is 7.05. The highest BCUT2D eigenvalue weighted by Crippen LogP contribution is 2.33. The van der Waals surface area contributed by atoms with Crippen LogP contribution in [0.2, 0.25) is 0 Å². The first-order valence-electron chi connectivity index (χ1n) is 8.85. The minimum absolute atomic E-state index is 0.265. The Labute approximate surface area is 139 Å². The number of piperidine rings is 1. The smallest absolute Gasteiger partial charge is 0.230 e. The highest BCUT2D eigenvalue weighted by Gasteiger charge is 2.42. The molecule has 1 amide bonds. The molecule has 4 nitrogen and oxygen atoms in total. The maximum absolute atomic E-state index is 13.1. The van der Waals surface area contributed by atoms with Crippen molar-refractivity contribution < 1.29 is 9.53 Å². The lowest BCUT2D eigenvalue weighted by Gasteiger charge is -2.42. The monoisotopic (exact) mass is 316 g/mol. The highest BCUT2D eigenvalue weighted by molar-refractivity contribution is 5.83. The normalized spacial score (nSPS) is 24.4. The fourth-order valence-corrected chi connectivity index (χ4v) is 3.97. The molecule has 2 saturated heterocycles. The van der Waals surface area contributed by atoms with Crippen molar-refractivity contribution in [3.63, 3.8) is 0 Å². The van der Waals surface area contributed by atoms with E-state index in [-0.39, 0.29) is 11.3 Å². The van der Waals surface area contributed by atoms with Gasteiger partial charge >= 0.3 is 0 Å². The standard InChI is InChI=1S/C19H28N2O2/c20-15-19(8-11-23-12-9-19)18(22)21-10-4-7-17(14-21)13-16-5-2-1-3-6-16/h1-3,5-6,17H,4,7-15,20H2. The molecule has 1 aromatic rings. The van der Waals surface area contributed by atoms with Gasteiger partial charge in [-0.25, -0.2) is 0 Å². The summed E-state index contributed by atoms with van der Waals surface area (Å²) in [6, 6.07) is 10.6. The van der Waals surface area contributed by atoms with Gasteiger partial charge in [-0.05, 0) is 43.6 Å². The fourth-order valence-electron chi connectivity index (χ4n) is 3.97. The Morgan fingerprint density at radius 1 is 1.26 bits per heavy atom. The number of hydrogen-bond donors (Lipinski definition) is 1. The quantitative estimate of drug-likeness (QED) is 0.927. The molecule has 1 unspecified atom stereocenters. The van der Waals surface area contributed by atoms with E-state index in [1.807, 2.05) is 0 Å². The van der Waals surface area contributed by atoms with Crippen molar-refractivity contribution in [2.45, 2.75) is 32.1 Å². The molecule has 3 rings (SSSR count). The molecule has 0 aromatic heterocycles. The van der Waals surface area contributed by atoms with Crippen LogP contribution in [-0.4, -0.2) is 43.7 Å². The van der Waals surface area contributed by atoms with Crippen molar-refractivity contribution in [2.75, 3.05) is 32.8 Å². The summed E-state index contributed by atoms with van der Waals surface area (Å²) in [5.41, 5.74) is 6.99. The van der Waals surface area contributed by atoms with E-state index in [1.54, 1.807) is 0 Å². The van der Waals surface area contributed by atoms with Crippen molar-refractivity contribution in [2.24, 2.45) is 17.1 Å². The zero-order chi connectivity index (χ0) is 16.1. The molecule has 2 N–H and O–H groups in total. The van der Waals surface area contributed by atoms with Crippen molar-refractivity contribution in [3.05, 3.63) is 35.9 Å². The fraction of sp³-hybridized carbons (Fsp3) is 0.632. The van der Waals surface area contributed by atoms with Gasteiger partial charge in [0.05, 0.1) is 5.41 Å². The number of carbonyl (C=O) groups excluding carboxylic acids is 1. The third-order valence-corrected chi connectivity index (χ3v) is 5.47. The molecule has 4 heteroatoms. The van der Waals surface area contributed by atoms with Gasteiger partial charge in [0.25, 0.3) is 0 Å². The Morgan fingerprint density at radius 3 is 2.70 bits per heavy atom. The van der Waals surface area contributed by atoms with Crippen molar-refractivity contribution in [3.8, 4) is 0 Å². The predicted molar refractivity (Wildman–Crippen MR) is 91.0 cm³/mol. The number of nitrogens with two attached hydrogens (primary N) is 1. The van der Waals surface area contributed by atoms with Gasteiger partial charge in [0.2, 0.25) is 5.91 Å². The third kappa shape index (κ3) is 3.75. The number of amides is 1. The van der Waals surface area contributed by atoms with Crippen LogP contribution in [-0.2, 0) is 16.0 Å². The van der Waals surface area contributed by atoms with Crippen LogP contribution in [0.15, 0.2) is 30.3 Å². The summed E-state index contributed by atoms with van der Waals surface area (Å²) in [6.07, 6.45) is 4.89. The van der Waals surface area contributed by atoms with E-state index in [1.165, 1.54) is 12.0 Å². The zero-order valence-corrected chi connectivity index (χ0v) is 13.9. The Kier molecular flexibility index (Phi) is 5.34. The molecule has 2 aliphatic heterocycles. The Balaban J connectivity index is 1.64. The highest BCUT2D eigenvalue weighted by atomic mass is 16.5. The van der Waals surface area contributed by atoms with Crippen LogP contribution < -0.4 is 5.73 Å². The maximum atomic E-state index is 13.1. The Hall–Kier alpha value is -1.39. The first-order valence-corrected chi connectivity index (χ1v) is 8.85. The SMILES string of the molecule is NCC1(C(=O)N2CCCC(Cc3ccccc3)C2)CCOCC1. The van der Waals surface area contributed by atoms with Gasteiger partial charge < -0.3 is 15.4 Å². The van der Waals surface area contributed by atoms with Gasteiger partial charge in [0.15, 0.2) is 0 Å². The van der Waals surface area contributed by atoms with Crippen LogP contribution in [0.3, 0.4) is 0 Å². The lowest BCUT2D eigenvalue weighted by molar-refractivity contribution is -0.149. The number of ether oxygens (including phenoxy) is 1. The maximum Gasteiger partial charge on any atom is 0.230 e. The van der Waals surface area contributed by atoms with Gasteiger partial charge in [-0.3, -0.25) is 4.79 Å². The van der Waals surface area contributed by atoms with Gasteiger partial charge in [-0.1, -0.05) is 30.3 Å². The summed E-state index contributed by atoms with van der Waals surface area (Å²) >= 11 is 0. The molecule has 1 atom stereocenters. The molecule has 0 bridgehead atoms. The number of likely N-dealkylation sites (tertiary alicyclic amines) is 1. The molecule has 0 aliphatic carbocycles. The predicted octanol–water partition coefficient (Wildman–Crippen LogP) is 2.22. The van der Waals surface area contributed by atoms with E-state index in [0.29, 0.717) is 25.7 Å². The molecule has 2 heterocycles. The van der Waals surface area contributed by atoms with E-state index in [9.17, 15) is 4.79 Å². The average molecular weight is 316 g/mol. The lowest BCUT2D eigenvalue weighted by Crippen LogP contribution is -2.53. The summed E-state index contributed by atoms with van der Waals surface area (Å²) in [6.45, 7) is 3.51. The van der Waals surface area contributed by atoms with E-state index >= 15 is 0 Å². The van der Waals surface area contributed by atoms with E-state index in [2.05, 4.69) is 35.2 Å². The molecule has 0 saturated carbocycles. The largest absolute Gasteiger partial charge is 0.381 e. The molecular formula is C19H28N2O2. The molecule has 0 spiro atoms.